The SMILES string of the molecule is Cc1ccc(C2=C(CN3CCN(Cc4ccc5c(c4)CN(C4CCC(=O)NC4=O)C5=O)CC3)CCC(C)(C)C2)cc1. The van der Waals surface area contributed by atoms with Crippen molar-refractivity contribution in [2.75, 3.05) is 32.7 Å². The molecule has 216 valence electrons. The summed E-state index contributed by atoms with van der Waals surface area (Å²) in [5.41, 5.74) is 9.08. The number of amides is 3. The van der Waals surface area contributed by atoms with Gasteiger partial charge in [-0.05, 0) is 66.4 Å². The van der Waals surface area contributed by atoms with E-state index in [4.69, 9.17) is 0 Å². The van der Waals surface area contributed by atoms with Gasteiger partial charge in [-0.3, -0.25) is 29.5 Å². The number of rotatable bonds is 6. The standard InChI is InChI=1S/C34H42N4O3/c1-23-4-7-25(8-5-23)29-19-34(2,3)13-12-26(29)21-37-16-14-36(15-17-37)20-24-6-9-28-27(18-24)22-38(33(28)41)30-10-11-31(39)35-32(30)40/h4-9,18,30H,10-17,19-22H2,1-3H3,(H,35,39,40). The zero-order chi connectivity index (χ0) is 28.7. The molecule has 1 unspecified atom stereocenters. The number of nitrogens with one attached hydrogen (secondary N) is 1. The predicted octanol–water partition coefficient (Wildman–Crippen LogP) is 4.54. The van der Waals surface area contributed by atoms with E-state index in [1.165, 1.54) is 29.5 Å². The number of piperazine rings is 1. The smallest absolute Gasteiger partial charge is 0.255 e. The molecule has 7 heteroatoms. The van der Waals surface area contributed by atoms with E-state index in [2.05, 4.69) is 72.3 Å². The van der Waals surface area contributed by atoms with Crippen LogP contribution in [0.1, 0.15) is 78.6 Å². The van der Waals surface area contributed by atoms with E-state index < -0.39 is 6.04 Å². The summed E-state index contributed by atoms with van der Waals surface area (Å²) in [7, 11) is 0. The number of fused-ring (bicyclic) bond motifs is 1. The molecule has 1 N–H and O–H groups in total. The zero-order valence-corrected chi connectivity index (χ0v) is 24.7. The molecule has 0 spiro atoms. The van der Waals surface area contributed by atoms with Crippen molar-refractivity contribution >= 4 is 23.3 Å². The minimum absolute atomic E-state index is 0.111. The minimum atomic E-state index is -0.569. The van der Waals surface area contributed by atoms with Crippen molar-refractivity contribution in [3.63, 3.8) is 0 Å². The van der Waals surface area contributed by atoms with Gasteiger partial charge in [0.2, 0.25) is 11.8 Å². The van der Waals surface area contributed by atoms with Crippen LogP contribution in [-0.2, 0) is 22.7 Å². The van der Waals surface area contributed by atoms with Gasteiger partial charge >= 0.3 is 0 Å². The zero-order valence-electron chi connectivity index (χ0n) is 24.7. The van der Waals surface area contributed by atoms with Gasteiger partial charge in [-0.1, -0.05) is 61.4 Å². The van der Waals surface area contributed by atoms with E-state index in [1.807, 2.05) is 6.07 Å². The van der Waals surface area contributed by atoms with Gasteiger partial charge in [0.05, 0.1) is 0 Å². The Morgan fingerprint density at radius 2 is 1.61 bits per heavy atom. The first-order chi connectivity index (χ1) is 19.6. The monoisotopic (exact) mass is 554 g/mol. The lowest BCUT2D eigenvalue weighted by molar-refractivity contribution is -0.136. The third-order valence-electron chi connectivity index (χ3n) is 9.46. The molecule has 1 aliphatic carbocycles. The number of carbonyl (C=O) groups excluding carboxylic acids is 3. The highest BCUT2D eigenvalue weighted by Gasteiger charge is 2.39. The third kappa shape index (κ3) is 6.02. The molecule has 6 rings (SSSR count). The van der Waals surface area contributed by atoms with Crippen LogP contribution >= 0.6 is 0 Å². The van der Waals surface area contributed by atoms with Crippen LogP contribution in [0.3, 0.4) is 0 Å². The fourth-order valence-electron chi connectivity index (χ4n) is 6.93. The van der Waals surface area contributed by atoms with Crippen LogP contribution < -0.4 is 5.32 Å². The van der Waals surface area contributed by atoms with Gasteiger partial charge in [-0.15, -0.1) is 0 Å². The van der Waals surface area contributed by atoms with Gasteiger partial charge < -0.3 is 4.90 Å². The molecule has 3 amide bonds. The van der Waals surface area contributed by atoms with Crippen LogP contribution in [0.25, 0.3) is 5.57 Å². The van der Waals surface area contributed by atoms with Crippen LogP contribution in [0, 0.1) is 12.3 Å². The Kier molecular flexibility index (Phi) is 7.60. The number of aryl methyl sites for hydroxylation is 1. The lowest BCUT2D eigenvalue weighted by Crippen LogP contribution is -2.52. The summed E-state index contributed by atoms with van der Waals surface area (Å²) in [6, 6.07) is 14.6. The van der Waals surface area contributed by atoms with E-state index in [1.54, 1.807) is 16.0 Å². The van der Waals surface area contributed by atoms with E-state index in [0.29, 0.717) is 23.9 Å². The van der Waals surface area contributed by atoms with Gasteiger partial charge in [0, 0.05) is 57.8 Å². The Bertz CT molecular complexity index is 1390. The summed E-state index contributed by atoms with van der Waals surface area (Å²) in [6.45, 7) is 13.5. The predicted molar refractivity (Wildman–Crippen MR) is 160 cm³/mol. The van der Waals surface area contributed by atoms with E-state index in [9.17, 15) is 14.4 Å². The Morgan fingerprint density at radius 3 is 2.32 bits per heavy atom. The quantitative estimate of drug-likeness (QED) is 0.531. The lowest BCUT2D eigenvalue weighted by Gasteiger charge is -2.38. The molecule has 2 saturated heterocycles. The van der Waals surface area contributed by atoms with Gasteiger partial charge in [-0.25, -0.2) is 0 Å². The minimum Gasteiger partial charge on any atom is -0.322 e. The largest absolute Gasteiger partial charge is 0.322 e. The summed E-state index contributed by atoms with van der Waals surface area (Å²) in [4.78, 5) is 43.7. The molecular weight excluding hydrogens is 512 g/mol. The second kappa shape index (κ2) is 11.2. The van der Waals surface area contributed by atoms with Crippen molar-refractivity contribution in [3.8, 4) is 0 Å². The summed E-state index contributed by atoms with van der Waals surface area (Å²) in [6.07, 6.45) is 4.24. The molecule has 0 aromatic heterocycles. The maximum atomic E-state index is 13.0. The van der Waals surface area contributed by atoms with Gasteiger partial charge in [0.15, 0.2) is 0 Å². The van der Waals surface area contributed by atoms with Gasteiger partial charge in [-0.2, -0.15) is 0 Å². The van der Waals surface area contributed by atoms with Gasteiger partial charge in [0.25, 0.3) is 5.91 Å². The van der Waals surface area contributed by atoms with Crippen molar-refractivity contribution in [2.45, 2.75) is 72.0 Å². The van der Waals surface area contributed by atoms with Gasteiger partial charge in [0.1, 0.15) is 6.04 Å². The fourth-order valence-corrected chi connectivity index (χ4v) is 6.93. The Morgan fingerprint density at radius 1 is 0.902 bits per heavy atom. The van der Waals surface area contributed by atoms with Crippen molar-refractivity contribution in [1.82, 2.24) is 20.0 Å². The average molecular weight is 555 g/mol. The van der Waals surface area contributed by atoms with Crippen LogP contribution in [0.5, 0.6) is 0 Å². The number of hydrogen-bond donors (Lipinski definition) is 1. The molecule has 7 nitrogen and oxygen atoms in total. The molecule has 0 bridgehead atoms. The third-order valence-corrected chi connectivity index (χ3v) is 9.46. The van der Waals surface area contributed by atoms with Crippen molar-refractivity contribution in [1.29, 1.82) is 0 Å². The number of imide groups is 1. The van der Waals surface area contributed by atoms with Crippen LogP contribution in [-0.4, -0.2) is 71.2 Å². The lowest BCUT2D eigenvalue weighted by atomic mass is 9.72. The normalized spacial score (nSPS) is 23.6. The molecule has 1 atom stereocenters. The number of carbonyl (C=O) groups is 3. The summed E-state index contributed by atoms with van der Waals surface area (Å²) >= 11 is 0. The van der Waals surface area contributed by atoms with E-state index in [-0.39, 0.29) is 24.1 Å². The maximum absolute atomic E-state index is 13.0. The first kappa shape index (κ1) is 27.9. The Hall–Kier alpha value is -3.29. The Balaban J connectivity index is 1.07. The molecule has 2 fully saturated rings. The highest BCUT2D eigenvalue weighted by Crippen LogP contribution is 2.43. The average Bonchev–Trinajstić information content (AvgIpc) is 3.26. The highest BCUT2D eigenvalue weighted by molar-refractivity contribution is 6.05. The summed E-state index contributed by atoms with van der Waals surface area (Å²) in [5.74, 6) is -0.733. The topological polar surface area (TPSA) is 73.0 Å². The number of nitrogens with zero attached hydrogens (tertiary/aromatic N) is 3. The van der Waals surface area contributed by atoms with Crippen molar-refractivity contribution in [3.05, 3.63) is 75.9 Å². The summed E-state index contributed by atoms with van der Waals surface area (Å²) in [5, 5.41) is 2.38. The van der Waals surface area contributed by atoms with Crippen LogP contribution in [0.4, 0.5) is 0 Å². The molecule has 4 aliphatic rings. The molecule has 0 saturated carbocycles. The molecule has 2 aromatic rings. The van der Waals surface area contributed by atoms with Crippen LogP contribution in [0.2, 0.25) is 0 Å². The molecule has 0 radical (unpaired) electrons. The molecule has 3 heterocycles. The second-order valence-corrected chi connectivity index (χ2v) is 13.2. The number of hydrogen-bond acceptors (Lipinski definition) is 5. The number of benzene rings is 2. The highest BCUT2D eigenvalue weighted by atomic mass is 16.2. The van der Waals surface area contributed by atoms with Crippen molar-refractivity contribution in [2.24, 2.45) is 5.41 Å². The first-order valence-electron chi connectivity index (χ1n) is 15.1. The molecule has 2 aromatic carbocycles. The maximum Gasteiger partial charge on any atom is 0.255 e. The van der Waals surface area contributed by atoms with E-state index in [0.717, 1.165) is 51.3 Å². The van der Waals surface area contributed by atoms with E-state index >= 15 is 0 Å². The molecule has 3 aliphatic heterocycles. The first-order valence-corrected chi connectivity index (χ1v) is 15.1. The van der Waals surface area contributed by atoms with Crippen molar-refractivity contribution < 1.29 is 14.4 Å². The Labute approximate surface area is 243 Å². The second-order valence-electron chi connectivity index (χ2n) is 13.2. The molecular formula is C34H42N4O3. The van der Waals surface area contributed by atoms with Crippen LogP contribution in [0.15, 0.2) is 48.0 Å². The fraction of sp³-hybridized carbons (Fsp3) is 0.500. The number of piperidine rings is 1. The summed E-state index contributed by atoms with van der Waals surface area (Å²) < 4.78 is 0. The number of allylic oxidation sites excluding steroid dienone is 1. The molecule has 41 heavy (non-hydrogen) atoms.